The van der Waals surface area contributed by atoms with Crippen LogP contribution in [0.1, 0.15) is 56.0 Å². The summed E-state index contributed by atoms with van der Waals surface area (Å²) in [5.74, 6) is -0.539. The van der Waals surface area contributed by atoms with Crippen LogP contribution in [0.5, 0.6) is 0 Å². The Bertz CT molecular complexity index is 1110. The van der Waals surface area contributed by atoms with Crippen LogP contribution in [0.4, 0.5) is 11.4 Å². The number of hydrogen-bond acceptors (Lipinski definition) is 4. The molecule has 8 heteroatoms. The zero-order valence-electron chi connectivity index (χ0n) is 19.1. The molecule has 0 atom stereocenters. The summed E-state index contributed by atoms with van der Waals surface area (Å²) >= 11 is 0. The Kier molecular flexibility index (Phi) is 7.05. The number of carbonyl (C=O) groups excluding carboxylic acids is 2. The van der Waals surface area contributed by atoms with Crippen molar-refractivity contribution in [2.75, 3.05) is 23.7 Å². The zero-order chi connectivity index (χ0) is 23.5. The minimum absolute atomic E-state index is 0.152. The third-order valence-electron chi connectivity index (χ3n) is 5.44. The van der Waals surface area contributed by atoms with E-state index in [1.807, 2.05) is 20.8 Å². The Morgan fingerprint density at radius 3 is 2.22 bits per heavy atom. The first kappa shape index (κ1) is 23.9. The summed E-state index contributed by atoms with van der Waals surface area (Å²) in [6.45, 7) is 8.23. The SMILES string of the molecule is Cc1ccc(NC(=O)c2cccc(NC(=O)C(C)(C)C)c2)cc1S(=O)(=O)N1CCCCC1. The van der Waals surface area contributed by atoms with Gasteiger partial charge in [0.05, 0.1) is 4.90 Å². The molecule has 2 N–H and O–H groups in total. The van der Waals surface area contributed by atoms with Gasteiger partial charge in [-0.3, -0.25) is 9.59 Å². The van der Waals surface area contributed by atoms with E-state index in [4.69, 9.17) is 0 Å². The van der Waals surface area contributed by atoms with Crippen LogP contribution in [0, 0.1) is 12.3 Å². The van der Waals surface area contributed by atoms with Crippen LogP contribution in [-0.4, -0.2) is 37.6 Å². The molecule has 0 unspecified atom stereocenters. The highest BCUT2D eigenvalue weighted by molar-refractivity contribution is 7.89. The molecule has 2 aromatic rings. The van der Waals surface area contributed by atoms with Crippen LogP contribution in [0.2, 0.25) is 0 Å². The van der Waals surface area contributed by atoms with Crippen LogP contribution < -0.4 is 10.6 Å². The molecule has 32 heavy (non-hydrogen) atoms. The van der Waals surface area contributed by atoms with E-state index in [-0.39, 0.29) is 16.7 Å². The van der Waals surface area contributed by atoms with E-state index in [0.717, 1.165) is 19.3 Å². The minimum atomic E-state index is -3.62. The lowest BCUT2D eigenvalue weighted by molar-refractivity contribution is -0.123. The fourth-order valence-electron chi connectivity index (χ4n) is 3.46. The largest absolute Gasteiger partial charge is 0.326 e. The molecule has 1 fully saturated rings. The monoisotopic (exact) mass is 457 g/mol. The van der Waals surface area contributed by atoms with Gasteiger partial charge in [0, 0.05) is 35.4 Å². The third-order valence-corrected chi connectivity index (χ3v) is 7.48. The average molecular weight is 458 g/mol. The number of aryl methyl sites for hydroxylation is 1. The predicted molar refractivity (Wildman–Crippen MR) is 126 cm³/mol. The van der Waals surface area contributed by atoms with Crippen LogP contribution >= 0.6 is 0 Å². The molecule has 0 aromatic heterocycles. The smallest absolute Gasteiger partial charge is 0.255 e. The number of nitrogens with one attached hydrogen (secondary N) is 2. The molecule has 0 aliphatic carbocycles. The van der Waals surface area contributed by atoms with Gasteiger partial charge >= 0.3 is 0 Å². The number of rotatable bonds is 5. The summed E-state index contributed by atoms with van der Waals surface area (Å²) in [5, 5.41) is 5.59. The maximum absolute atomic E-state index is 13.1. The first-order chi connectivity index (χ1) is 15.0. The van der Waals surface area contributed by atoms with Crippen LogP contribution in [0.3, 0.4) is 0 Å². The van der Waals surface area contributed by atoms with E-state index in [2.05, 4.69) is 10.6 Å². The second-order valence-electron chi connectivity index (χ2n) is 9.18. The van der Waals surface area contributed by atoms with E-state index in [9.17, 15) is 18.0 Å². The minimum Gasteiger partial charge on any atom is -0.326 e. The summed E-state index contributed by atoms with van der Waals surface area (Å²) in [6.07, 6.45) is 2.75. The van der Waals surface area contributed by atoms with Crippen molar-refractivity contribution in [2.45, 2.75) is 51.9 Å². The standard InChI is InChI=1S/C24H31N3O4S/c1-17-11-12-20(16-21(17)32(30,31)27-13-6-5-7-14-27)25-22(28)18-9-8-10-19(15-18)26-23(29)24(2,3)4/h8-12,15-16H,5-7,13-14H2,1-4H3,(H,25,28)(H,26,29). The van der Waals surface area contributed by atoms with Gasteiger partial charge in [-0.25, -0.2) is 8.42 Å². The van der Waals surface area contributed by atoms with Gasteiger partial charge < -0.3 is 10.6 Å². The molecule has 1 aliphatic heterocycles. The normalized spacial score (nSPS) is 15.2. The molecular weight excluding hydrogens is 426 g/mol. The van der Waals surface area contributed by atoms with Crippen molar-refractivity contribution in [2.24, 2.45) is 5.41 Å². The molecule has 7 nitrogen and oxygen atoms in total. The molecule has 1 heterocycles. The quantitative estimate of drug-likeness (QED) is 0.695. The first-order valence-electron chi connectivity index (χ1n) is 10.8. The number of nitrogens with zero attached hydrogens (tertiary/aromatic N) is 1. The lowest BCUT2D eigenvalue weighted by Gasteiger charge is -2.26. The third kappa shape index (κ3) is 5.55. The second kappa shape index (κ2) is 9.42. The summed E-state index contributed by atoms with van der Waals surface area (Å²) in [6, 6.07) is 11.5. The topological polar surface area (TPSA) is 95.6 Å². The molecule has 0 saturated carbocycles. The highest BCUT2D eigenvalue weighted by atomic mass is 32.2. The summed E-state index contributed by atoms with van der Waals surface area (Å²) in [7, 11) is -3.62. The molecule has 1 saturated heterocycles. The fraction of sp³-hybridized carbons (Fsp3) is 0.417. The Balaban J connectivity index is 1.79. The van der Waals surface area contributed by atoms with Gasteiger partial charge in [-0.2, -0.15) is 4.31 Å². The number of hydrogen-bond donors (Lipinski definition) is 2. The van der Waals surface area contributed by atoms with Crippen molar-refractivity contribution >= 4 is 33.2 Å². The van der Waals surface area contributed by atoms with E-state index < -0.39 is 15.4 Å². The highest BCUT2D eigenvalue weighted by Gasteiger charge is 2.28. The lowest BCUT2D eigenvalue weighted by atomic mass is 9.95. The Hall–Kier alpha value is -2.71. The number of amides is 2. The average Bonchev–Trinajstić information content (AvgIpc) is 2.75. The Morgan fingerprint density at radius 2 is 1.56 bits per heavy atom. The molecule has 0 bridgehead atoms. The van der Waals surface area contributed by atoms with Gasteiger partial charge in [0.25, 0.3) is 5.91 Å². The van der Waals surface area contributed by atoms with Gasteiger partial charge in [-0.15, -0.1) is 0 Å². The van der Waals surface area contributed by atoms with E-state index in [1.165, 1.54) is 10.4 Å². The number of anilines is 2. The Morgan fingerprint density at radius 1 is 0.906 bits per heavy atom. The molecule has 1 aliphatic rings. The fourth-order valence-corrected chi connectivity index (χ4v) is 5.23. The molecule has 3 rings (SSSR count). The number of sulfonamides is 1. The molecular formula is C24H31N3O4S. The Labute approximate surface area is 190 Å². The summed E-state index contributed by atoms with van der Waals surface area (Å²) in [5.41, 5.74) is 1.37. The van der Waals surface area contributed by atoms with E-state index in [1.54, 1.807) is 43.3 Å². The molecule has 2 amide bonds. The predicted octanol–water partition coefficient (Wildman–Crippen LogP) is 4.41. The van der Waals surface area contributed by atoms with Crippen molar-refractivity contribution in [3.8, 4) is 0 Å². The summed E-state index contributed by atoms with van der Waals surface area (Å²) in [4.78, 5) is 25.3. The van der Waals surface area contributed by atoms with E-state index >= 15 is 0 Å². The van der Waals surface area contributed by atoms with Crippen molar-refractivity contribution in [1.82, 2.24) is 4.31 Å². The van der Waals surface area contributed by atoms with Crippen molar-refractivity contribution in [1.29, 1.82) is 0 Å². The molecule has 2 aromatic carbocycles. The maximum Gasteiger partial charge on any atom is 0.255 e. The zero-order valence-corrected chi connectivity index (χ0v) is 19.9. The van der Waals surface area contributed by atoms with Gasteiger partial charge in [0.15, 0.2) is 0 Å². The second-order valence-corrected chi connectivity index (χ2v) is 11.1. The lowest BCUT2D eigenvalue weighted by Crippen LogP contribution is -2.36. The van der Waals surface area contributed by atoms with Crippen LogP contribution in [0.15, 0.2) is 47.4 Å². The van der Waals surface area contributed by atoms with Gasteiger partial charge in [0.1, 0.15) is 0 Å². The van der Waals surface area contributed by atoms with Gasteiger partial charge in [-0.05, 0) is 55.7 Å². The van der Waals surface area contributed by atoms with Gasteiger partial charge in [-0.1, -0.05) is 39.3 Å². The molecule has 0 radical (unpaired) electrons. The van der Waals surface area contributed by atoms with Crippen molar-refractivity contribution in [3.63, 3.8) is 0 Å². The number of carbonyl (C=O) groups is 2. The maximum atomic E-state index is 13.1. The summed E-state index contributed by atoms with van der Waals surface area (Å²) < 4.78 is 27.8. The molecule has 0 spiro atoms. The molecule has 172 valence electrons. The highest BCUT2D eigenvalue weighted by Crippen LogP contribution is 2.26. The van der Waals surface area contributed by atoms with Crippen LogP contribution in [-0.2, 0) is 14.8 Å². The first-order valence-corrected chi connectivity index (χ1v) is 12.3. The van der Waals surface area contributed by atoms with Crippen molar-refractivity contribution in [3.05, 3.63) is 53.6 Å². The van der Waals surface area contributed by atoms with Crippen molar-refractivity contribution < 1.29 is 18.0 Å². The number of benzene rings is 2. The number of piperidine rings is 1. The van der Waals surface area contributed by atoms with Gasteiger partial charge in [0.2, 0.25) is 15.9 Å². The van der Waals surface area contributed by atoms with E-state index in [0.29, 0.717) is 35.6 Å². The van der Waals surface area contributed by atoms with Crippen LogP contribution in [0.25, 0.3) is 0 Å².